The molecule has 0 fully saturated rings. The van der Waals surface area contributed by atoms with E-state index >= 15 is 0 Å². The molecule has 0 aromatic rings. The van der Waals surface area contributed by atoms with Crippen LogP contribution in [0, 0.1) is 0 Å². The van der Waals surface area contributed by atoms with Crippen molar-refractivity contribution >= 4 is 8.25 Å². The summed E-state index contributed by atoms with van der Waals surface area (Å²) in [7, 11) is -2.87. The van der Waals surface area contributed by atoms with Crippen molar-refractivity contribution in [1.82, 2.24) is 9.80 Å². The van der Waals surface area contributed by atoms with Crippen LogP contribution >= 0.6 is 8.25 Å². The Morgan fingerprint density at radius 1 is 0.750 bits per heavy atom. The predicted octanol–water partition coefficient (Wildman–Crippen LogP) is 3.35. The Kier molecular flexibility index (Phi) is 16.3. The predicted molar refractivity (Wildman–Crippen MR) is 84.7 cm³/mol. The molecule has 0 aromatic carbocycles. The average molecular weight is 301 g/mol. The molecule has 0 aliphatic rings. The number of hydrogen-bond acceptors (Lipinski definition) is 3. The fourth-order valence-electron chi connectivity index (χ4n) is 1.39. The van der Waals surface area contributed by atoms with Gasteiger partial charge in [0.1, 0.15) is 0 Å². The lowest BCUT2D eigenvalue weighted by atomic mass is 10.4. The molecule has 5 nitrogen and oxygen atoms in total. The summed E-state index contributed by atoms with van der Waals surface area (Å²) >= 11 is 0. The monoisotopic (exact) mass is 301 g/mol. The van der Waals surface area contributed by atoms with E-state index in [0.29, 0.717) is 0 Å². The van der Waals surface area contributed by atoms with E-state index in [2.05, 4.69) is 58.9 Å². The van der Waals surface area contributed by atoms with Crippen molar-refractivity contribution in [2.24, 2.45) is 0 Å². The lowest BCUT2D eigenvalue weighted by Crippen LogP contribution is -2.23. The van der Waals surface area contributed by atoms with Gasteiger partial charge in [0, 0.05) is 17.7 Å². The topological polar surface area (TPSA) is 64.0 Å². The Balaban J connectivity index is 0. The van der Waals surface area contributed by atoms with Gasteiger partial charge in [-0.1, -0.05) is 24.3 Å². The van der Waals surface area contributed by atoms with Crippen LogP contribution in [-0.2, 0) is 4.57 Å². The molecule has 0 rings (SSSR count). The molecular formula is C14H26N2O3P+. The van der Waals surface area contributed by atoms with Crippen LogP contribution in [0.3, 0.4) is 0 Å². The molecular weight excluding hydrogens is 275 g/mol. The lowest BCUT2D eigenvalue weighted by molar-refractivity contribution is 0.405. The van der Waals surface area contributed by atoms with E-state index in [1.54, 1.807) is 0 Å². The van der Waals surface area contributed by atoms with Crippen LogP contribution in [0.5, 0.6) is 0 Å². The zero-order valence-electron chi connectivity index (χ0n) is 12.7. The van der Waals surface area contributed by atoms with Crippen LogP contribution in [0.4, 0.5) is 0 Å². The summed E-state index contributed by atoms with van der Waals surface area (Å²) in [5, 5.41) is 0. The van der Waals surface area contributed by atoms with Crippen LogP contribution in [0.2, 0.25) is 0 Å². The summed E-state index contributed by atoms with van der Waals surface area (Å²) in [6.07, 6.45) is 16.6. The Morgan fingerprint density at radius 3 is 1.10 bits per heavy atom. The minimum Gasteiger partial charge on any atom is -0.353 e. The quantitative estimate of drug-likeness (QED) is 0.706. The van der Waals surface area contributed by atoms with Crippen molar-refractivity contribution in [3.8, 4) is 0 Å². The van der Waals surface area contributed by atoms with Gasteiger partial charge in [-0.05, 0) is 52.5 Å². The molecule has 0 atom stereocenters. The van der Waals surface area contributed by atoms with E-state index < -0.39 is 8.25 Å². The average Bonchev–Trinajstić information content (AvgIpc) is 2.36. The third-order valence-electron chi connectivity index (χ3n) is 1.98. The number of allylic oxidation sites excluding steroid dienone is 4. The molecule has 0 bridgehead atoms. The third-order valence-corrected chi connectivity index (χ3v) is 1.98. The first kappa shape index (κ1) is 20.9. The largest absolute Gasteiger partial charge is 0.692 e. The van der Waals surface area contributed by atoms with Crippen LogP contribution in [0.25, 0.3) is 0 Å². The molecule has 0 spiro atoms. The summed E-state index contributed by atoms with van der Waals surface area (Å²) < 4.78 is 8.70. The van der Waals surface area contributed by atoms with Gasteiger partial charge < -0.3 is 9.80 Å². The van der Waals surface area contributed by atoms with E-state index in [4.69, 9.17) is 14.4 Å². The highest BCUT2D eigenvalue weighted by Gasteiger charge is 1.97. The minimum absolute atomic E-state index is 0.976. The first-order chi connectivity index (χ1) is 9.51. The number of hydrogen-bond donors (Lipinski definition) is 2. The Morgan fingerprint density at radius 2 is 0.950 bits per heavy atom. The highest BCUT2D eigenvalue weighted by molar-refractivity contribution is 7.30. The summed E-state index contributed by atoms with van der Waals surface area (Å²) in [6, 6.07) is 0. The number of rotatable bonds is 7. The molecule has 0 heterocycles. The van der Waals surface area contributed by atoms with Gasteiger partial charge in [-0.25, -0.2) is 0 Å². The lowest BCUT2D eigenvalue weighted by Gasteiger charge is -2.20. The van der Waals surface area contributed by atoms with Gasteiger partial charge in [-0.15, -0.1) is 9.79 Å². The van der Waals surface area contributed by atoms with Crippen molar-refractivity contribution in [2.45, 2.75) is 27.7 Å². The normalized spacial score (nSPS) is 11.3. The molecule has 114 valence electrons. The van der Waals surface area contributed by atoms with Crippen molar-refractivity contribution < 1.29 is 14.4 Å². The Labute approximate surface area is 123 Å². The molecule has 0 saturated heterocycles. The van der Waals surface area contributed by atoms with E-state index in [-0.39, 0.29) is 0 Å². The van der Waals surface area contributed by atoms with E-state index in [1.165, 1.54) is 0 Å². The van der Waals surface area contributed by atoms with Gasteiger partial charge in [-0.3, -0.25) is 0 Å². The van der Waals surface area contributed by atoms with Crippen molar-refractivity contribution in [3.05, 3.63) is 49.1 Å². The van der Waals surface area contributed by atoms with Gasteiger partial charge in [0.05, 0.1) is 0 Å². The summed E-state index contributed by atoms with van der Waals surface area (Å²) in [5.41, 5.74) is 0. The van der Waals surface area contributed by atoms with Crippen LogP contribution < -0.4 is 0 Å². The molecule has 6 heteroatoms. The van der Waals surface area contributed by atoms with Gasteiger partial charge in [-0.2, -0.15) is 0 Å². The molecule has 20 heavy (non-hydrogen) atoms. The Hall–Kier alpha value is -1.42. The fourth-order valence-corrected chi connectivity index (χ4v) is 1.39. The van der Waals surface area contributed by atoms with Gasteiger partial charge in [0.25, 0.3) is 0 Å². The molecule has 0 aliphatic heterocycles. The molecule has 0 radical (unpaired) electrons. The van der Waals surface area contributed by atoms with E-state index in [0.717, 1.165) is 13.1 Å². The standard InChI is InChI=1S/C14H24N2.HO3P/c1-5-9-15(10-6-2)13-14-16(11-7-3)12-8-4;1-4(2)3/h5-12H,13-14H2,1-4H3;(H-,1,2,3)/p+1. The zero-order chi connectivity index (χ0) is 15.8. The maximum Gasteiger partial charge on any atom is 0.692 e. The summed E-state index contributed by atoms with van der Waals surface area (Å²) in [5.74, 6) is 0. The van der Waals surface area contributed by atoms with E-state index in [1.807, 2.05) is 27.7 Å². The van der Waals surface area contributed by atoms with Crippen molar-refractivity contribution in [2.75, 3.05) is 13.1 Å². The second kappa shape index (κ2) is 15.6. The summed E-state index contributed by atoms with van der Waals surface area (Å²) in [6.45, 7) is 10.1. The van der Waals surface area contributed by atoms with Crippen molar-refractivity contribution in [3.63, 3.8) is 0 Å². The van der Waals surface area contributed by atoms with Gasteiger partial charge >= 0.3 is 8.25 Å². The Bertz CT molecular complexity index is 296. The minimum atomic E-state index is -2.87. The summed E-state index contributed by atoms with van der Waals surface area (Å²) in [4.78, 5) is 18.6. The number of nitrogens with zero attached hydrogens (tertiary/aromatic N) is 2. The van der Waals surface area contributed by atoms with Crippen LogP contribution in [-0.4, -0.2) is 32.7 Å². The van der Waals surface area contributed by atoms with Gasteiger partial charge in [0.2, 0.25) is 0 Å². The second-order valence-corrected chi connectivity index (χ2v) is 4.16. The SMILES string of the molecule is CC=CN(C=CC)CCN(C=CC)C=CC.O=[P+](O)O. The van der Waals surface area contributed by atoms with E-state index in [9.17, 15) is 0 Å². The van der Waals surface area contributed by atoms with Crippen LogP contribution in [0.15, 0.2) is 49.1 Å². The molecule has 0 unspecified atom stereocenters. The smallest absolute Gasteiger partial charge is 0.353 e. The first-order valence-electron chi connectivity index (χ1n) is 6.39. The molecule has 0 aromatic heterocycles. The zero-order valence-corrected chi connectivity index (χ0v) is 13.6. The van der Waals surface area contributed by atoms with Crippen molar-refractivity contribution in [1.29, 1.82) is 0 Å². The maximum atomic E-state index is 8.70. The molecule has 0 aliphatic carbocycles. The molecule has 0 amide bonds. The first-order valence-corrected chi connectivity index (χ1v) is 7.56. The second-order valence-electron chi connectivity index (χ2n) is 3.66. The molecule has 0 saturated carbocycles. The van der Waals surface area contributed by atoms with Gasteiger partial charge in [0.15, 0.2) is 0 Å². The maximum absolute atomic E-state index is 8.70. The van der Waals surface area contributed by atoms with Crippen LogP contribution in [0.1, 0.15) is 27.7 Å². The molecule has 2 N–H and O–H groups in total. The highest BCUT2D eigenvalue weighted by Crippen LogP contribution is 1.98. The fraction of sp³-hybridized carbons (Fsp3) is 0.429. The highest BCUT2D eigenvalue weighted by atomic mass is 31.1. The third kappa shape index (κ3) is 16.6.